The first-order valence-corrected chi connectivity index (χ1v) is 6.83. The number of aromatic nitrogens is 1. The molecule has 0 aliphatic carbocycles. The molecule has 0 aliphatic heterocycles. The van der Waals surface area contributed by atoms with Gasteiger partial charge in [-0.1, -0.05) is 11.6 Å². The molecule has 0 saturated heterocycles. The summed E-state index contributed by atoms with van der Waals surface area (Å²) >= 11 is 5.55. The van der Waals surface area contributed by atoms with Crippen molar-refractivity contribution in [3.05, 3.63) is 27.6 Å². The van der Waals surface area contributed by atoms with Gasteiger partial charge < -0.3 is 4.98 Å². The van der Waals surface area contributed by atoms with E-state index < -0.39 is 21.0 Å². The molecule has 1 aromatic rings. The van der Waals surface area contributed by atoms with Gasteiger partial charge >= 0.3 is 0 Å². The van der Waals surface area contributed by atoms with E-state index in [1.165, 1.54) is 0 Å². The van der Waals surface area contributed by atoms with E-state index in [9.17, 15) is 13.2 Å². The molecule has 0 fully saturated rings. The summed E-state index contributed by atoms with van der Waals surface area (Å²) in [6, 6.07) is 3.03. The number of H-pyrrole nitrogens is 1. The minimum Gasteiger partial charge on any atom is -0.326 e. The minimum atomic E-state index is -3.80. The summed E-state index contributed by atoms with van der Waals surface area (Å²) in [5.74, 6) is 0. The number of rotatable bonds is 4. The third-order valence-corrected chi connectivity index (χ3v) is 3.81. The lowest BCUT2D eigenvalue weighted by molar-refractivity contribution is 0.478. The maximum atomic E-state index is 11.9. The predicted octanol–water partition coefficient (Wildman–Crippen LogP) is 0.856. The summed E-state index contributed by atoms with van der Waals surface area (Å²) in [5.41, 5.74) is -1.38. The van der Waals surface area contributed by atoms with Crippen molar-refractivity contribution in [3.63, 3.8) is 0 Å². The summed E-state index contributed by atoms with van der Waals surface area (Å²) in [6.07, 6.45) is 1.05. The second-order valence-electron chi connectivity index (χ2n) is 4.33. The summed E-state index contributed by atoms with van der Waals surface area (Å²) in [4.78, 5) is 13.1. The molecule has 0 saturated carbocycles. The van der Waals surface area contributed by atoms with Gasteiger partial charge in [-0.3, -0.25) is 4.79 Å². The van der Waals surface area contributed by atoms with E-state index in [-0.39, 0.29) is 16.5 Å². The monoisotopic (exact) mass is 289 g/mol. The maximum absolute atomic E-state index is 11.9. The molecule has 1 heterocycles. The molecule has 1 rings (SSSR count). The molecule has 18 heavy (non-hydrogen) atoms. The Morgan fingerprint density at radius 1 is 1.56 bits per heavy atom. The van der Waals surface area contributed by atoms with Gasteiger partial charge in [0.15, 0.2) is 0 Å². The average Bonchev–Trinajstić information content (AvgIpc) is 2.30. The lowest BCUT2D eigenvalue weighted by atomic mass is 9.97. The molecule has 6 nitrogen and oxygen atoms in total. The highest BCUT2D eigenvalue weighted by atomic mass is 35.5. The zero-order chi connectivity index (χ0) is 14.0. The molecular weight excluding hydrogens is 278 g/mol. The molecule has 0 amide bonds. The number of nitrogens with one attached hydrogen (secondary N) is 2. The number of nitrogens with zero attached hydrogens (tertiary/aromatic N) is 1. The third kappa shape index (κ3) is 3.57. The molecule has 2 N–H and O–H groups in total. The van der Waals surface area contributed by atoms with Gasteiger partial charge in [0.1, 0.15) is 5.02 Å². The van der Waals surface area contributed by atoms with Crippen molar-refractivity contribution < 1.29 is 8.42 Å². The van der Waals surface area contributed by atoms with Crippen LogP contribution in [0.3, 0.4) is 0 Å². The van der Waals surface area contributed by atoms with Crippen molar-refractivity contribution >= 4 is 21.6 Å². The topological polar surface area (TPSA) is 103 Å². The first-order chi connectivity index (χ1) is 8.18. The maximum Gasteiger partial charge on any atom is 0.266 e. The summed E-state index contributed by atoms with van der Waals surface area (Å²) < 4.78 is 26.0. The van der Waals surface area contributed by atoms with Crippen LogP contribution in [0.25, 0.3) is 0 Å². The number of pyridine rings is 1. The molecule has 98 valence electrons. The van der Waals surface area contributed by atoms with E-state index in [0.717, 1.165) is 12.3 Å². The highest BCUT2D eigenvalue weighted by molar-refractivity contribution is 7.89. The van der Waals surface area contributed by atoms with E-state index in [1.54, 1.807) is 13.8 Å². The molecule has 0 radical (unpaired) electrons. The van der Waals surface area contributed by atoms with E-state index in [1.807, 2.05) is 6.07 Å². The molecule has 0 bridgehead atoms. The largest absolute Gasteiger partial charge is 0.326 e. The number of sulfonamides is 1. The number of nitriles is 1. The zero-order valence-electron chi connectivity index (χ0n) is 9.82. The summed E-state index contributed by atoms with van der Waals surface area (Å²) in [7, 11) is -3.80. The Balaban J connectivity index is 2.98. The summed E-state index contributed by atoms with van der Waals surface area (Å²) in [5, 5.41) is 8.58. The van der Waals surface area contributed by atoms with Gasteiger partial charge in [0.25, 0.3) is 5.56 Å². The predicted molar refractivity (Wildman–Crippen MR) is 66.7 cm³/mol. The van der Waals surface area contributed by atoms with Crippen LogP contribution in [0, 0.1) is 16.7 Å². The van der Waals surface area contributed by atoms with Crippen LogP contribution >= 0.6 is 11.6 Å². The first-order valence-electron chi connectivity index (χ1n) is 4.97. The van der Waals surface area contributed by atoms with Crippen LogP contribution in [0.1, 0.15) is 13.8 Å². The van der Waals surface area contributed by atoms with Gasteiger partial charge in [0, 0.05) is 12.7 Å². The van der Waals surface area contributed by atoms with Crippen molar-refractivity contribution in [2.75, 3.05) is 6.54 Å². The molecular formula is C10H12ClN3O3S. The summed E-state index contributed by atoms with van der Waals surface area (Å²) in [6.45, 7) is 3.17. The number of hydrogen-bond acceptors (Lipinski definition) is 4. The van der Waals surface area contributed by atoms with Crippen LogP contribution in [-0.4, -0.2) is 19.9 Å². The lowest BCUT2D eigenvalue weighted by Crippen LogP contribution is -2.33. The molecule has 0 atom stereocenters. The Bertz CT molecular complexity index is 643. The normalized spacial score (nSPS) is 12.1. The number of halogens is 1. The van der Waals surface area contributed by atoms with Crippen LogP contribution in [0.15, 0.2) is 22.0 Å². The van der Waals surface area contributed by atoms with E-state index in [4.69, 9.17) is 16.9 Å². The first kappa shape index (κ1) is 14.7. The van der Waals surface area contributed by atoms with Gasteiger partial charge in [-0.2, -0.15) is 5.26 Å². The highest BCUT2D eigenvalue weighted by Crippen LogP contribution is 2.14. The molecule has 0 spiro atoms. The van der Waals surface area contributed by atoms with Gasteiger partial charge in [-0.05, 0) is 19.9 Å². The molecule has 0 unspecified atom stereocenters. The molecule has 0 aromatic carbocycles. The molecule has 0 aliphatic rings. The number of hydrogen-bond donors (Lipinski definition) is 2. The minimum absolute atomic E-state index is 0.0391. The third-order valence-electron chi connectivity index (χ3n) is 2.15. The van der Waals surface area contributed by atoms with Crippen molar-refractivity contribution in [2.45, 2.75) is 18.7 Å². The molecule has 8 heteroatoms. The Morgan fingerprint density at radius 3 is 2.67 bits per heavy atom. The van der Waals surface area contributed by atoms with Crippen LogP contribution < -0.4 is 10.3 Å². The van der Waals surface area contributed by atoms with Crippen molar-refractivity contribution in [2.24, 2.45) is 5.41 Å². The Labute approximate surface area is 110 Å². The van der Waals surface area contributed by atoms with Crippen LogP contribution in [-0.2, 0) is 10.0 Å². The SMILES string of the molecule is CC(C)(C#N)CNS(=O)(=O)c1c[nH]c(=O)c(Cl)c1. The van der Waals surface area contributed by atoms with Crippen LogP contribution in [0.4, 0.5) is 0 Å². The fourth-order valence-electron chi connectivity index (χ4n) is 0.991. The van der Waals surface area contributed by atoms with Crippen molar-refractivity contribution in [1.29, 1.82) is 5.26 Å². The second kappa shape index (κ2) is 5.10. The second-order valence-corrected chi connectivity index (χ2v) is 6.51. The van der Waals surface area contributed by atoms with Gasteiger partial charge in [0.2, 0.25) is 10.0 Å². The van der Waals surface area contributed by atoms with Gasteiger partial charge in [-0.25, -0.2) is 13.1 Å². The fourth-order valence-corrected chi connectivity index (χ4v) is 2.43. The fraction of sp³-hybridized carbons (Fsp3) is 0.400. The van der Waals surface area contributed by atoms with E-state index >= 15 is 0 Å². The van der Waals surface area contributed by atoms with Crippen molar-refractivity contribution in [1.82, 2.24) is 9.71 Å². The standard InChI is InChI=1S/C10H12ClN3O3S/c1-10(2,5-12)6-14-18(16,17)7-3-8(11)9(15)13-4-7/h3-4,14H,6H2,1-2H3,(H,13,15). The van der Waals surface area contributed by atoms with Crippen molar-refractivity contribution in [3.8, 4) is 6.07 Å². The average molecular weight is 290 g/mol. The Morgan fingerprint density at radius 2 is 2.17 bits per heavy atom. The van der Waals surface area contributed by atoms with Crippen LogP contribution in [0.2, 0.25) is 5.02 Å². The van der Waals surface area contributed by atoms with Crippen LogP contribution in [0.5, 0.6) is 0 Å². The van der Waals surface area contributed by atoms with Gasteiger partial charge in [0.05, 0.1) is 16.4 Å². The molecule has 1 aromatic heterocycles. The quantitative estimate of drug-likeness (QED) is 0.858. The highest BCUT2D eigenvalue weighted by Gasteiger charge is 2.22. The Hall–Kier alpha value is -1.36. The lowest BCUT2D eigenvalue weighted by Gasteiger charge is -2.15. The zero-order valence-corrected chi connectivity index (χ0v) is 11.4. The smallest absolute Gasteiger partial charge is 0.266 e. The van der Waals surface area contributed by atoms with E-state index in [0.29, 0.717) is 0 Å². The van der Waals surface area contributed by atoms with E-state index in [2.05, 4.69) is 9.71 Å². The Kier molecular flexibility index (Phi) is 4.16. The number of aromatic amines is 1. The van der Waals surface area contributed by atoms with Gasteiger partial charge in [-0.15, -0.1) is 0 Å².